The molecule has 7 nitrogen and oxygen atoms in total. The molecular weight excluding hydrogens is 340 g/mol. The van der Waals surface area contributed by atoms with Crippen LogP contribution in [-0.4, -0.2) is 33.3 Å². The lowest BCUT2D eigenvalue weighted by atomic mass is 10.2. The molecule has 0 aliphatic heterocycles. The van der Waals surface area contributed by atoms with Gasteiger partial charge in [0.1, 0.15) is 5.69 Å². The van der Waals surface area contributed by atoms with E-state index in [1.807, 2.05) is 13.0 Å². The summed E-state index contributed by atoms with van der Waals surface area (Å²) in [6.07, 6.45) is 1.63. The first-order valence-corrected chi connectivity index (χ1v) is 9.46. The van der Waals surface area contributed by atoms with Gasteiger partial charge in [-0.15, -0.1) is 10.2 Å². The van der Waals surface area contributed by atoms with E-state index in [0.717, 1.165) is 5.56 Å². The van der Waals surface area contributed by atoms with Crippen LogP contribution in [0.25, 0.3) is 11.5 Å². The highest BCUT2D eigenvalue weighted by molar-refractivity contribution is 7.90. The van der Waals surface area contributed by atoms with E-state index in [-0.39, 0.29) is 17.5 Å². The van der Waals surface area contributed by atoms with Gasteiger partial charge in [-0.25, -0.2) is 8.42 Å². The minimum Gasteiger partial charge on any atom is -0.392 e. The Balaban J connectivity index is 1.95. The first-order chi connectivity index (χ1) is 12.0. The fraction of sp³-hybridized carbons (Fsp3) is 0.235. The first-order valence-electron chi connectivity index (χ1n) is 7.81. The largest absolute Gasteiger partial charge is 0.392 e. The fourth-order valence-electron chi connectivity index (χ4n) is 2.51. The summed E-state index contributed by atoms with van der Waals surface area (Å²) in [5.41, 5.74) is 1.93. The number of nitrogens with zero attached hydrogens (tertiary/aromatic N) is 4. The van der Waals surface area contributed by atoms with E-state index < -0.39 is 9.84 Å². The van der Waals surface area contributed by atoms with Crippen LogP contribution in [0, 0.1) is 0 Å². The Morgan fingerprint density at radius 3 is 2.36 bits per heavy atom. The number of hydrogen-bond donors (Lipinski definition) is 1. The van der Waals surface area contributed by atoms with Crippen molar-refractivity contribution in [1.29, 1.82) is 0 Å². The standard InChI is InChI=1S/C17H18N4O3S/c1-2-21-16(15-5-3-4-10-18-15)19-20-17(21)25(23,24)12-14-8-6-13(11-22)7-9-14/h3-10,22H,2,11-12H2,1H3. The Morgan fingerprint density at radius 2 is 1.76 bits per heavy atom. The molecule has 0 spiro atoms. The molecule has 0 fully saturated rings. The zero-order chi connectivity index (χ0) is 17.9. The van der Waals surface area contributed by atoms with Crippen LogP contribution >= 0.6 is 0 Å². The van der Waals surface area contributed by atoms with Crippen molar-refractivity contribution in [3.8, 4) is 11.5 Å². The molecule has 0 unspecified atom stereocenters. The average molecular weight is 358 g/mol. The molecule has 0 saturated heterocycles. The first kappa shape index (κ1) is 17.2. The number of hydrogen-bond acceptors (Lipinski definition) is 6. The highest BCUT2D eigenvalue weighted by Gasteiger charge is 2.25. The molecule has 8 heteroatoms. The predicted molar refractivity (Wildman–Crippen MR) is 92.2 cm³/mol. The summed E-state index contributed by atoms with van der Waals surface area (Å²) in [5.74, 6) is 0.247. The lowest BCUT2D eigenvalue weighted by Crippen LogP contribution is -2.13. The molecule has 3 aromatic rings. The predicted octanol–water partition coefficient (Wildman–Crippen LogP) is 1.83. The van der Waals surface area contributed by atoms with E-state index in [4.69, 9.17) is 5.11 Å². The van der Waals surface area contributed by atoms with Gasteiger partial charge in [-0.1, -0.05) is 30.3 Å². The van der Waals surface area contributed by atoms with Gasteiger partial charge in [0.05, 0.1) is 12.4 Å². The van der Waals surface area contributed by atoms with Crippen LogP contribution < -0.4 is 0 Å². The Hall–Kier alpha value is -2.58. The van der Waals surface area contributed by atoms with Crippen molar-refractivity contribution in [2.75, 3.05) is 0 Å². The van der Waals surface area contributed by atoms with E-state index in [0.29, 0.717) is 23.6 Å². The van der Waals surface area contributed by atoms with Crippen LogP contribution in [0.1, 0.15) is 18.1 Å². The van der Waals surface area contributed by atoms with E-state index in [2.05, 4.69) is 15.2 Å². The minimum atomic E-state index is -3.66. The summed E-state index contributed by atoms with van der Waals surface area (Å²) in [4.78, 5) is 4.21. The molecule has 1 aromatic carbocycles. The second-order valence-electron chi connectivity index (χ2n) is 5.50. The molecule has 0 saturated carbocycles. The van der Waals surface area contributed by atoms with E-state index in [1.54, 1.807) is 47.2 Å². The zero-order valence-corrected chi connectivity index (χ0v) is 14.5. The normalized spacial score (nSPS) is 11.6. The monoisotopic (exact) mass is 358 g/mol. The molecule has 0 bridgehead atoms. The number of aromatic nitrogens is 4. The Morgan fingerprint density at radius 1 is 1.04 bits per heavy atom. The SMILES string of the molecule is CCn1c(-c2ccccn2)nnc1S(=O)(=O)Cc1ccc(CO)cc1. The molecule has 0 radical (unpaired) electrons. The zero-order valence-electron chi connectivity index (χ0n) is 13.7. The minimum absolute atomic E-state index is 0.0677. The Kier molecular flexibility index (Phi) is 4.91. The van der Waals surface area contributed by atoms with Crippen molar-refractivity contribution < 1.29 is 13.5 Å². The third-order valence-electron chi connectivity index (χ3n) is 3.77. The van der Waals surface area contributed by atoms with Crippen LogP contribution in [0.5, 0.6) is 0 Å². The number of pyridine rings is 1. The summed E-state index contributed by atoms with van der Waals surface area (Å²) >= 11 is 0. The number of aliphatic hydroxyl groups is 1. The van der Waals surface area contributed by atoms with Crippen LogP contribution in [0.3, 0.4) is 0 Å². The summed E-state index contributed by atoms with van der Waals surface area (Å²) in [6.45, 7) is 2.17. The second kappa shape index (κ2) is 7.12. The number of rotatable bonds is 6. The number of sulfone groups is 1. The van der Waals surface area contributed by atoms with Crippen LogP contribution in [-0.2, 0) is 28.7 Å². The molecule has 0 atom stereocenters. The highest BCUT2D eigenvalue weighted by Crippen LogP contribution is 2.21. The maximum atomic E-state index is 12.8. The smallest absolute Gasteiger partial charge is 0.250 e. The quantitative estimate of drug-likeness (QED) is 0.722. The van der Waals surface area contributed by atoms with Gasteiger partial charge in [0, 0.05) is 12.7 Å². The molecule has 130 valence electrons. The van der Waals surface area contributed by atoms with Crippen molar-refractivity contribution in [2.24, 2.45) is 0 Å². The highest BCUT2D eigenvalue weighted by atomic mass is 32.2. The van der Waals surface area contributed by atoms with Gasteiger partial charge in [-0.2, -0.15) is 0 Å². The van der Waals surface area contributed by atoms with Gasteiger partial charge < -0.3 is 5.11 Å². The molecule has 0 aliphatic rings. The maximum absolute atomic E-state index is 12.8. The van der Waals surface area contributed by atoms with Crippen molar-refractivity contribution >= 4 is 9.84 Å². The fourth-order valence-corrected chi connectivity index (χ4v) is 3.99. The maximum Gasteiger partial charge on any atom is 0.250 e. The van der Waals surface area contributed by atoms with Gasteiger partial charge in [0.2, 0.25) is 15.0 Å². The summed E-state index contributed by atoms with van der Waals surface area (Å²) < 4.78 is 27.1. The van der Waals surface area contributed by atoms with Gasteiger partial charge in [0.15, 0.2) is 5.82 Å². The van der Waals surface area contributed by atoms with Crippen molar-refractivity contribution in [3.63, 3.8) is 0 Å². The molecule has 25 heavy (non-hydrogen) atoms. The van der Waals surface area contributed by atoms with Crippen LogP contribution in [0.4, 0.5) is 0 Å². The Bertz CT molecular complexity index is 951. The topological polar surface area (TPSA) is 98.0 Å². The van der Waals surface area contributed by atoms with E-state index in [9.17, 15) is 8.42 Å². The number of aliphatic hydroxyl groups excluding tert-OH is 1. The number of benzene rings is 1. The molecule has 0 amide bonds. The molecule has 0 aliphatic carbocycles. The van der Waals surface area contributed by atoms with Gasteiger partial charge >= 0.3 is 0 Å². The van der Waals surface area contributed by atoms with Crippen molar-refractivity contribution in [3.05, 3.63) is 59.8 Å². The summed E-state index contributed by atoms with van der Waals surface area (Å²) in [6, 6.07) is 12.1. The lowest BCUT2D eigenvalue weighted by Gasteiger charge is -2.08. The molecule has 3 rings (SSSR count). The van der Waals surface area contributed by atoms with Gasteiger partial charge in [-0.3, -0.25) is 9.55 Å². The summed E-state index contributed by atoms with van der Waals surface area (Å²) in [7, 11) is -3.66. The Labute approximate surface area is 145 Å². The molecule has 2 heterocycles. The third-order valence-corrected chi connectivity index (χ3v) is 5.34. The van der Waals surface area contributed by atoms with Crippen LogP contribution in [0.15, 0.2) is 53.8 Å². The van der Waals surface area contributed by atoms with E-state index >= 15 is 0 Å². The lowest BCUT2D eigenvalue weighted by molar-refractivity contribution is 0.282. The summed E-state index contributed by atoms with van der Waals surface area (Å²) in [5, 5.41) is 16.9. The van der Waals surface area contributed by atoms with E-state index in [1.165, 1.54) is 0 Å². The molecule has 1 N–H and O–H groups in total. The molecule has 2 aromatic heterocycles. The average Bonchev–Trinajstić information content (AvgIpc) is 3.08. The third kappa shape index (κ3) is 3.59. The van der Waals surface area contributed by atoms with Crippen molar-refractivity contribution in [2.45, 2.75) is 31.0 Å². The van der Waals surface area contributed by atoms with Gasteiger partial charge in [-0.05, 0) is 30.2 Å². The molecular formula is C17H18N4O3S. The van der Waals surface area contributed by atoms with Gasteiger partial charge in [0.25, 0.3) is 0 Å². The van der Waals surface area contributed by atoms with Crippen molar-refractivity contribution in [1.82, 2.24) is 19.7 Å². The second-order valence-corrected chi connectivity index (χ2v) is 7.38. The van der Waals surface area contributed by atoms with Crippen LogP contribution in [0.2, 0.25) is 0 Å².